The average Bonchev–Trinajstić information content (AvgIpc) is 4.06. The molecular weight excluding hydrogens is 815 g/mol. The molecule has 2 aliphatic carbocycles. The van der Waals surface area contributed by atoms with Crippen molar-refractivity contribution in [2.75, 3.05) is 4.90 Å². The van der Waals surface area contributed by atoms with E-state index in [0.717, 1.165) is 0 Å². The molecule has 0 aliphatic heterocycles. The third kappa shape index (κ3) is 10.4. The van der Waals surface area contributed by atoms with E-state index in [4.69, 9.17) is 0 Å². The summed E-state index contributed by atoms with van der Waals surface area (Å²) in [5.74, 6) is 0. The number of fused-ring (bicyclic) bond motifs is 6. The van der Waals surface area contributed by atoms with Crippen LogP contribution in [0.1, 0.15) is 204 Å². The third-order valence-electron chi connectivity index (χ3n) is 15.8. The van der Waals surface area contributed by atoms with Crippen LogP contribution in [0, 0.1) is 0 Å². The maximum absolute atomic E-state index is 2.67. The SMILES string of the molecule is CCCCCCCCC1(CCCC)c2ccccc2-c2ccc(N(c3ccc(-c4cccs4)cc3)c3ccc4c(c3)C(CCCCCCCC)(CCCCCCCC)c3ccccc3-4)cc21. The van der Waals surface area contributed by atoms with Crippen molar-refractivity contribution >= 4 is 28.4 Å². The molecule has 0 fully saturated rings. The van der Waals surface area contributed by atoms with Gasteiger partial charge in [-0.25, -0.2) is 0 Å². The van der Waals surface area contributed by atoms with Gasteiger partial charge in [-0.1, -0.05) is 235 Å². The van der Waals surface area contributed by atoms with E-state index >= 15 is 0 Å². The zero-order chi connectivity index (χ0) is 45.6. The van der Waals surface area contributed by atoms with Crippen molar-refractivity contribution in [3.63, 3.8) is 0 Å². The molecule has 0 bridgehead atoms. The van der Waals surface area contributed by atoms with Crippen molar-refractivity contribution in [1.82, 2.24) is 0 Å². The average molecular weight is 896 g/mol. The summed E-state index contributed by atoms with van der Waals surface area (Å²) >= 11 is 1.83. The highest BCUT2D eigenvalue weighted by atomic mass is 32.1. The maximum Gasteiger partial charge on any atom is 0.0465 e. The highest BCUT2D eigenvalue weighted by molar-refractivity contribution is 7.13. The van der Waals surface area contributed by atoms with Gasteiger partial charge < -0.3 is 4.90 Å². The van der Waals surface area contributed by atoms with Crippen molar-refractivity contribution in [2.24, 2.45) is 0 Å². The molecule has 348 valence electrons. The smallest absolute Gasteiger partial charge is 0.0465 e. The van der Waals surface area contributed by atoms with Crippen LogP contribution in [-0.2, 0) is 10.8 Å². The first-order valence-electron chi connectivity index (χ1n) is 27.0. The molecule has 0 amide bonds. The number of benzene rings is 5. The van der Waals surface area contributed by atoms with Crippen molar-refractivity contribution in [2.45, 2.75) is 193 Å². The maximum atomic E-state index is 2.67. The Morgan fingerprint density at radius 2 is 0.742 bits per heavy atom. The van der Waals surface area contributed by atoms with Gasteiger partial charge in [0.2, 0.25) is 0 Å². The van der Waals surface area contributed by atoms with E-state index in [1.54, 1.807) is 22.3 Å². The van der Waals surface area contributed by atoms with Crippen LogP contribution >= 0.6 is 11.3 Å². The lowest BCUT2D eigenvalue weighted by Gasteiger charge is -2.35. The molecule has 0 radical (unpaired) electrons. The van der Waals surface area contributed by atoms with Crippen LogP contribution in [0.4, 0.5) is 17.1 Å². The van der Waals surface area contributed by atoms with Gasteiger partial charge >= 0.3 is 0 Å². The van der Waals surface area contributed by atoms with Gasteiger partial charge in [0.1, 0.15) is 0 Å². The lowest BCUT2D eigenvalue weighted by atomic mass is 9.70. The van der Waals surface area contributed by atoms with Crippen LogP contribution in [-0.4, -0.2) is 0 Å². The summed E-state index contributed by atoms with van der Waals surface area (Å²) in [4.78, 5) is 3.95. The van der Waals surface area contributed by atoms with E-state index in [0.29, 0.717) is 0 Å². The monoisotopic (exact) mass is 896 g/mol. The van der Waals surface area contributed by atoms with Gasteiger partial charge in [0, 0.05) is 32.8 Å². The fourth-order valence-corrected chi connectivity index (χ4v) is 13.0. The lowest BCUT2D eigenvalue weighted by Crippen LogP contribution is -2.26. The van der Waals surface area contributed by atoms with Gasteiger partial charge in [-0.2, -0.15) is 0 Å². The molecule has 1 atom stereocenters. The van der Waals surface area contributed by atoms with Gasteiger partial charge in [-0.05, 0) is 124 Å². The number of hydrogen-bond donors (Lipinski definition) is 0. The summed E-state index contributed by atoms with van der Waals surface area (Å²) in [6.07, 6.45) is 31.3. The first-order valence-corrected chi connectivity index (χ1v) is 27.9. The molecule has 0 spiro atoms. The number of hydrogen-bond acceptors (Lipinski definition) is 2. The highest BCUT2D eigenvalue weighted by Gasteiger charge is 2.44. The normalized spacial score (nSPS) is 15.4. The molecule has 1 nitrogen and oxygen atoms in total. The van der Waals surface area contributed by atoms with Crippen molar-refractivity contribution in [3.05, 3.63) is 149 Å². The van der Waals surface area contributed by atoms with E-state index in [1.165, 1.54) is 204 Å². The minimum atomic E-state index is 0.0260. The van der Waals surface area contributed by atoms with Gasteiger partial charge in [0.05, 0.1) is 0 Å². The van der Waals surface area contributed by atoms with Crippen LogP contribution in [0.3, 0.4) is 0 Å². The number of anilines is 3. The molecule has 6 aromatic rings. The zero-order valence-corrected chi connectivity index (χ0v) is 42.3. The summed E-state index contributed by atoms with van der Waals surface area (Å²) in [5, 5.41) is 2.19. The van der Waals surface area contributed by atoms with Gasteiger partial charge in [0.15, 0.2) is 0 Å². The minimum absolute atomic E-state index is 0.0260. The second kappa shape index (κ2) is 23.6. The number of nitrogens with zero attached hydrogens (tertiary/aromatic N) is 1. The van der Waals surface area contributed by atoms with Crippen LogP contribution in [0.5, 0.6) is 0 Å². The second-order valence-corrected chi connectivity index (χ2v) is 21.2. The summed E-state index contributed by atoms with van der Waals surface area (Å²) in [6.45, 7) is 9.38. The Morgan fingerprint density at radius 1 is 0.348 bits per heavy atom. The van der Waals surface area contributed by atoms with Crippen LogP contribution in [0.15, 0.2) is 127 Å². The fraction of sp³-hybridized carbons (Fsp3) is 0.469. The Balaban J connectivity index is 1.24. The molecule has 0 saturated heterocycles. The molecule has 2 aliphatic rings. The number of thiophene rings is 1. The summed E-state index contributed by atoms with van der Waals surface area (Å²) in [6, 6.07) is 48.1. The van der Waals surface area contributed by atoms with Gasteiger partial charge in [-0.15, -0.1) is 11.3 Å². The highest BCUT2D eigenvalue weighted by Crippen LogP contribution is 2.58. The largest absolute Gasteiger partial charge is 0.310 e. The van der Waals surface area contributed by atoms with Crippen molar-refractivity contribution in [3.8, 4) is 32.7 Å². The molecule has 1 heterocycles. The van der Waals surface area contributed by atoms with E-state index in [-0.39, 0.29) is 10.8 Å². The van der Waals surface area contributed by atoms with E-state index in [1.807, 2.05) is 11.3 Å². The quantitative estimate of drug-likeness (QED) is 0.0444. The van der Waals surface area contributed by atoms with E-state index in [9.17, 15) is 0 Å². The summed E-state index contributed by atoms with van der Waals surface area (Å²) in [7, 11) is 0. The second-order valence-electron chi connectivity index (χ2n) is 20.2. The Bertz CT molecular complexity index is 2390. The Labute approximate surface area is 405 Å². The van der Waals surface area contributed by atoms with Crippen molar-refractivity contribution < 1.29 is 0 Å². The summed E-state index contributed by atoms with van der Waals surface area (Å²) < 4.78 is 0. The Hall–Kier alpha value is -4.40. The Kier molecular flexibility index (Phi) is 17.2. The number of unbranched alkanes of at least 4 members (excludes halogenated alkanes) is 16. The fourth-order valence-electron chi connectivity index (χ4n) is 12.3. The Morgan fingerprint density at radius 3 is 1.18 bits per heavy atom. The first kappa shape index (κ1) is 48.1. The molecule has 0 saturated carbocycles. The molecule has 8 rings (SSSR count). The molecular formula is C64H81NS. The van der Waals surface area contributed by atoms with Gasteiger partial charge in [0.25, 0.3) is 0 Å². The first-order chi connectivity index (χ1) is 32.6. The number of rotatable bonds is 28. The van der Waals surface area contributed by atoms with Gasteiger partial charge in [-0.3, -0.25) is 0 Å². The topological polar surface area (TPSA) is 3.24 Å². The molecule has 2 heteroatoms. The van der Waals surface area contributed by atoms with E-state index < -0.39 is 0 Å². The van der Waals surface area contributed by atoms with Crippen LogP contribution in [0.25, 0.3) is 32.7 Å². The molecule has 0 N–H and O–H groups in total. The van der Waals surface area contributed by atoms with E-state index in [2.05, 4.69) is 159 Å². The van der Waals surface area contributed by atoms with Crippen LogP contribution < -0.4 is 4.90 Å². The predicted octanol–water partition coefficient (Wildman–Crippen LogP) is 20.9. The molecule has 5 aromatic carbocycles. The zero-order valence-electron chi connectivity index (χ0n) is 41.5. The standard InChI is InChI=1S/C64H81NS/c1-5-9-13-16-19-26-44-63(43-12-8-4)58-32-24-22-30-54(58)56-41-39-52(48-60(56)63)65(51-37-35-50(36-38-51)62-34-29-47-66-62)53-40-42-57-55-31-23-25-33-59(55)64(61(57)49-53,45-27-20-17-14-10-6-2)46-28-21-18-15-11-7-3/h22-25,29-42,47-49H,5-21,26-28,43-46H2,1-4H3. The predicted molar refractivity (Wildman–Crippen MR) is 290 cm³/mol. The van der Waals surface area contributed by atoms with Crippen LogP contribution in [0.2, 0.25) is 0 Å². The molecule has 1 aromatic heterocycles. The minimum Gasteiger partial charge on any atom is -0.310 e. The molecule has 66 heavy (non-hydrogen) atoms. The van der Waals surface area contributed by atoms with Crippen molar-refractivity contribution in [1.29, 1.82) is 0 Å². The summed E-state index contributed by atoms with van der Waals surface area (Å²) in [5.41, 5.74) is 17.2. The lowest BCUT2D eigenvalue weighted by molar-refractivity contribution is 0.398. The molecule has 1 unspecified atom stereocenters. The third-order valence-corrected chi connectivity index (χ3v) is 16.7.